The number of esters is 1. The van der Waals surface area contributed by atoms with Crippen molar-refractivity contribution >= 4 is 28.7 Å². The summed E-state index contributed by atoms with van der Waals surface area (Å²) in [7, 11) is 0. The molecule has 1 aliphatic heterocycles. The molecule has 1 amide bonds. The molecule has 6 heteroatoms. The highest BCUT2D eigenvalue weighted by Gasteiger charge is 2.43. The Morgan fingerprint density at radius 1 is 1.00 bits per heavy atom. The van der Waals surface area contributed by atoms with E-state index in [1.54, 1.807) is 0 Å². The minimum atomic E-state index is -0.161. The molecule has 1 aromatic heterocycles. The van der Waals surface area contributed by atoms with Gasteiger partial charge >= 0.3 is 5.97 Å². The Balaban J connectivity index is 1.69. The van der Waals surface area contributed by atoms with Crippen LogP contribution in [0.2, 0.25) is 0 Å². The Morgan fingerprint density at radius 3 is 2.45 bits per heavy atom. The molecular formula is C27H36N2O4. The van der Waals surface area contributed by atoms with Crippen molar-refractivity contribution in [1.29, 1.82) is 0 Å². The van der Waals surface area contributed by atoms with Crippen LogP contribution in [0.3, 0.4) is 0 Å². The van der Waals surface area contributed by atoms with Crippen molar-refractivity contribution in [2.24, 2.45) is 5.92 Å². The average molecular weight is 453 g/mol. The number of carbonyl (C=O) groups excluding carboxylic acids is 3. The maximum atomic E-state index is 13.2. The van der Waals surface area contributed by atoms with E-state index in [9.17, 15) is 14.4 Å². The van der Waals surface area contributed by atoms with Gasteiger partial charge in [-0.25, -0.2) is 0 Å². The van der Waals surface area contributed by atoms with Gasteiger partial charge in [0.05, 0.1) is 12.1 Å². The molecule has 1 fully saturated rings. The Hall–Kier alpha value is -2.63. The summed E-state index contributed by atoms with van der Waals surface area (Å²) in [6, 6.07) is 6.30. The van der Waals surface area contributed by atoms with Gasteiger partial charge in [-0.1, -0.05) is 32.9 Å². The summed E-state index contributed by atoms with van der Waals surface area (Å²) in [5, 5.41) is 1.18. The van der Waals surface area contributed by atoms with E-state index in [1.807, 2.05) is 48.6 Å². The number of rotatable bonds is 8. The molecule has 0 N–H and O–H groups in total. The Morgan fingerprint density at radius 2 is 1.73 bits per heavy atom. The molecule has 3 atom stereocenters. The van der Waals surface area contributed by atoms with Gasteiger partial charge in [0.15, 0.2) is 0 Å². The summed E-state index contributed by atoms with van der Waals surface area (Å²) >= 11 is 0. The summed E-state index contributed by atoms with van der Waals surface area (Å²) in [4.78, 5) is 40.0. The largest absolute Gasteiger partial charge is 0.465 e. The van der Waals surface area contributed by atoms with Crippen LogP contribution in [-0.2, 0) is 20.7 Å². The van der Waals surface area contributed by atoms with Crippen LogP contribution >= 0.6 is 0 Å². The number of ether oxygens (including phenoxy) is 1. The Labute approximate surface area is 196 Å². The number of carbonyl (C=O) groups is 3. The predicted molar refractivity (Wildman–Crippen MR) is 128 cm³/mol. The number of hydrogen-bond donors (Lipinski definition) is 0. The van der Waals surface area contributed by atoms with Crippen molar-refractivity contribution in [2.75, 3.05) is 13.2 Å². The maximum absolute atomic E-state index is 13.2. The number of likely N-dealkylation sites (tertiary alicyclic amines) is 1. The zero-order valence-corrected chi connectivity index (χ0v) is 20.1. The fourth-order valence-electron chi connectivity index (χ4n) is 5.69. The van der Waals surface area contributed by atoms with Crippen LogP contribution in [0.15, 0.2) is 24.4 Å². The monoisotopic (exact) mass is 452 g/mol. The number of fused-ring (bicyclic) bond motifs is 2. The molecule has 0 radical (unpaired) electrons. The van der Waals surface area contributed by atoms with Gasteiger partial charge in [0.2, 0.25) is 11.8 Å². The first kappa shape index (κ1) is 23.5. The van der Waals surface area contributed by atoms with Gasteiger partial charge in [0.25, 0.3) is 0 Å². The lowest BCUT2D eigenvalue weighted by molar-refractivity contribution is -0.147. The lowest BCUT2D eigenvalue weighted by atomic mass is 9.72. The SMILES string of the molecule is CCCC(=O)OCC1C[C@H]2c3cccc4c3c(cn4C(=O)CCC)C[C@@H]2N(C(=O)CCC)C1. The van der Waals surface area contributed by atoms with Gasteiger partial charge in [0.1, 0.15) is 0 Å². The van der Waals surface area contributed by atoms with Crippen molar-refractivity contribution in [3.63, 3.8) is 0 Å². The van der Waals surface area contributed by atoms with Crippen molar-refractivity contribution in [3.05, 3.63) is 35.5 Å². The van der Waals surface area contributed by atoms with Crippen molar-refractivity contribution in [1.82, 2.24) is 9.47 Å². The van der Waals surface area contributed by atoms with E-state index in [0.717, 1.165) is 43.2 Å². The zero-order chi connectivity index (χ0) is 23.5. The van der Waals surface area contributed by atoms with Crippen LogP contribution < -0.4 is 0 Å². The second-order valence-electron chi connectivity index (χ2n) is 9.62. The molecular weight excluding hydrogens is 416 g/mol. The van der Waals surface area contributed by atoms with Gasteiger partial charge in [-0.2, -0.15) is 0 Å². The minimum absolute atomic E-state index is 0.0851. The topological polar surface area (TPSA) is 68.6 Å². The summed E-state index contributed by atoms with van der Waals surface area (Å²) in [6.45, 7) is 7.00. The first-order valence-corrected chi connectivity index (χ1v) is 12.6. The third kappa shape index (κ3) is 4.57. The first-order chi connectivity index (χ1) is 16.0. The summed E-state index contributed by atoms with van der Waals surface area (Å²) in [5.74, 6) is 0.437. The van der Waals surface area contributed by atoms with Crippen LogP contribution in [0.4, 0.5) is 0 Å². The van der Waals surface area contributed by atoms with Crippen molar-refractivity contribution in [3.8, 4) is 0 Å². The summed E-state index contributed by atoms with van der Waals surface area (Å²) < 4.78 is 7.39. The lowest BCUT2D eigenvalue weighted by Crippen LogP contribution is -2.53. The fourth-order valence-corrected chi connectivity index (χ4v) is 5.69. The predicted octanol–water partition coefficient (Wildman–Crippen LogP) is 5.08. The number of aromatic nitrogens is 1. The molecule has 2 aliphatic rings. The summed E-state index contributed by atoms with van der Waals surface area (Å²) in [5.41, 5.74) is 3.36. The van der Waals surface area contributed by atoms with E-state index in [4.69, 9.17) is 4.74 Å². The normalized spacial score (nSPS) is 21.7. The number of piperidine rings is 1. The van der Waals surface area contributed by atoms with Crippen LogP contribution in [-0.4, -0.2) is 46.4 Å². The third-order valence-electron chi connectivity index (χ3n) is 7.13. The summed E-state index contributed by atoms with van der Waals surface area (Å²) in [6.07, 6.45) is 7.53. The van der Waals surface area contributed by atoms with Gasteiger partial charge in [0, 0.05) is 55.3 Å². The number of nitrogens with zero attached hydrogens (tertiary/aromatic N) is 2. The second-order valence-corrected chi connectivity index (χ2v) is 9.62. The third-order valence-corrected chi connectivity index (χ3v) is 7.13. The lowest BCUT2D eigenvalue weighted by Gasteiger charge is -2.47. The molecule has 4 rings (SSSR count). The molecule has 0 spiro atoms. The fraction of sp³-hybridized carbons (Fsp3) is 0.593. The average Bonchev–Trinajstić information content (AvgIpc) is 3.18. The van der Waals surface area contributed by atoms with Gasteiger partial charge in [-0.15, -0.1) is 0 Å². The van der Waals surface area contributed by atoms with Crippen LogP contribution in [0.1, 0.15) is 87.6 Å². The highest BCUT2D eigenvalue weighted by molar-refractivity contribution is 5.97. The van der Waals surface area contributed by atoms with E-state index in [1.165, 1.54) is 10.9 Å². The number of hydrogen-bond acceptors (Lipinski definition) is 4. The molecule has 0 saturated carbocycles. The number of amides is 1. The molecule has 2 heterocycles. The maximum Gasteiger partial charge on any atom is 0.305 e. The van der Waals surface area contributed by atoms with E-state index in [0.29, 0.717) is 32.4 Å². The van der Waals surface area contributed by atoms with Crippen molar-refractivity contribution in [2.45, 2.75) is 84.1 Å². The Bertz CT molecular complexity index is 1040. The molecule has 0 bridgehead atoms. The molecule has 1 aromatic carbocycles. The van der Waals surface area contributed by atoms with Gasteiger partial charge in [-0.3, -0.25) is 19.0 Å². The van der Waals surface area contributed by atoms with E-state index < -0.39 is 0 Å². The smallest absolute Gasteiger partial charge is 0.305 e. The highest BCUT2D eigenvalue weighted by atomic mass is 16.5. The molecule has 1 aliphatic carbocycles. The molecule has 6 nitrogen and oxygen atoms in total. The molecule has 33 heavy (non-hydrogen) atoms. The van der Waals surface area contributed by atoms with Crippen LogP contribution in [0.25, 0.3) is 10.9 Å². The van der Waals surface area contributed by atoms with E-state index >= 15 is 0 Å². The van der Waals surface area contributed by atoms with E-state index in [-0.39, 0.29) is 35.7 Å². The van der Waals surface area contributed by atoms with Crippen LogP contribution in [0.5, 0.6) is 0 Å². The quantitative estimate of drug-likeness (QED) is 0.524. The number of benzene rings is 1. The zero-order valence-electron chi connectivity index (χ0n) is 20.1. The first-order valence-electron chi connectivity index (χ1n) is 12.6. The molecule has 178 valence electrons. The highest BCUT2D eigenvalue weighted by Crippen LogP contribution is 2.45. The van der Waals surface area contributed by atoms with Gasteiger partial charge < -0.3 is 9.64 Å². The van der Waals surface area contributed by atoms with Crippen molar-refractivity contribution < 1.29 is 19.1 Å². The molecule has 2 aromatic rings. The molecule has 1 saturated heterocycles. The second kappa shape index (κ2) is 10.1. The van der Waals surface area contributed by atoms with Gasteiger partial charge in [-0.05, 0) is 49.3 Å². The standard InChI is InChI=1S/C27H36N2O4/c1-4-8-24(30)28-15-18(17-33-26(32)10-6-3)13-21-20-11-7-12-22-27(20)19(14-23(21)28)16-29(22)25(31)9-5-2/h7,11-12,16,18,21,23H,4-6,8-10,13-15,17H2,1-3H3/t18?,21-,23-/m0/s1. The molecule has 1 unspecified atom stereocenters. The van der Waals surface area contributed by atoms with E-state index in [2.05, 4.69) is 6.07 Å². The minimum Gasteiger partial charge on any atom is -0.465 e. The van der Waals surface area contributed by atoms with Crippen LogP contribution in [0, 0.1) is 5.92 Å². The Kier molecular flexibility index (Phi) is 7.20.